The van der Waals surface area contributed by atoms with Crippen molar-refractivity contribution in [3.63, 3.8) is 0 Å². The summed E-state index contributed by atoms with van der Waals surface area (Å²) in [5, 5.41) is 11.3. The Morgan fingerprint density at radius 3 is 3.00 bits per heavy atom. The minimum Gasteiger partial charge on any atom is -0.368 e. The van der Waals surface area contributed by atoms with E-state index in [2.05, 4.69) is 20.3 Å². The fraction of sp³-hybridized carbons (Fsp3) is 0.556. The molecular weight excluding hydrogens is 210 g/mol. The van der Waals surface area contributed by atoms with Crippen LogP contribution in [-0.4, -0.2) is 31.5 Å². The van der Waals surface area contributed by atoms with Crippen LogP contribution in [0.15, 0.2) is 17.2 Å². The van der Waals surface area contributed by atoms with Gasteiger partial charge >= 0.3 is 0 Å². The first kappa shape index (κ1) is 9.46. The number of hydrogen-bond acceptors (Lipinski definition) is 6. The zero-order valence-corrected chi connectivity index (χ0v) is 8.61. The van der Waals surface area contributed by atoms with Crippen LogP contribution in [0.5, 0.6) is 0 Å². The van der Waals surface area contributed by atoms with Gasteiger partial charge in [0.25, 0.3) is 5.89 Å². The fourth-order valence-corrected chi connectivity index (χ4v) is 1.70. The molecule has 3 heterocycles. The van der Waals surface area contributed by atoms with Crippen molar-refractivity contribution in [1.29, 1.82) is 0 Å². The summed E-state index contributed by atoms with van der Waals surface area (Å²) in [5.41, 5.74) is 0. The van der Waals surface area contributed by atoms with Crippen molar-refractivity contribution in [2.45, 2.75) is 25.5 Å². The summed E-state index contributed by atoms with van der Waals surface area (Å²) < 4.78 is 12.4. The molecule has 0 aliphatic carbocycles. The van der Waals surface area contributed by atoms with Gasteiger partial charge in [0.15, 0.2) is 5.82 Å². The van der Waals surface area contributed by atoms with E-state index in [-0.39, 0.29) is 6.10 Å². The lowest BCUT2D eigenvalue weighted by Gasteiger charge is -2.00. The molecule has 1 saturated heterocycles. The first-order valence-corrected chi connectivity index (χ1v) is 5.18. The fourth-order valence-electron chi connectivity index (χ4n) is 1.70. The van der Waals surface area contributed by atoms with Crippen molar-refractivity contribution in [2.24, 2.45) is 0 Å². The monoisotopic (exact) mass is 221 g/mol. The minimum absolute atomic E-state index is 0.0258. The topological polar surface area (TPSA) is 78.9 Å². The predicted octanol–water partition coefficient (Wildman–Crippen LogP) is 0.561. The molecule has 7 nitrogen and oxygen atoms in total. The van der Waals surface area contributed by atoms with Crippen LogP contribution in [0, 0.1) is 0 Å². The van der Waals surface area contributed by atoms with Crippen LogP contribution < -0.4 is 0 Å². The van der Waals surface area contributed by atoms with Crippen LogP contribution in [-0.2, 0) is 11.3 Å². The molecule has 2 aromatic heterocycles. The summed E-state index contributed by atoms with van der Waals surface area (Å²) in [6, 6.07) is 0. The number of hydrogen-bond donors (Lipinski definition) is 0. The summed E-state index contributed by atoms with van der Waals surface area (Å²) in [4.78, 5) is 4.29. The number of ether oxygens (including phenoxy) is 1. The summed E-state index contributed by atoms with van der Waals surface area (Å²) in [6.07, 6.45) is 5.20. The molecule has 2 aromatic rings. The molecule has 0 amide bonds. The van der Waals surface area contributed by atoms with E-state index in [1.54, 1.807) is 17.2 Å². The highest BCUT2D eigenvalue weighted by Crippen LogP contribution is 2.26. The van der Waals surface area contributed by atoms with E-state index in [1.807, 2.05) is 0 Å². The van der Waals surface area contributed by atoms with Crippen molar-refractivity contribution >= 4 is 0 Å². The Labute approximate surface area is 91.4 Å². The van der Waals surface area contributed by atoms with Gasteiger partial charge in [0.05, 0.1) is 6.54 Å². The van der Waals surface area contributed by atoms with Crippen LogP contribution in [0.25, 0.3) is 0 Å². The second-order valence-electron chi connectivity index (χ2n) is 3.68. The van der Waals surface area contributed by atoms with Gasteiger partial charge in [0.2, 0.25) is 0 Å². The largest absolute Gasteiger partial charge is 0.368 e. The number of nitrogens with zero attached hydrogens (tertiary/aromatic N) is 5. The van der Waals surface area contributed by atoms with E-state index in [0.717, 1.165) is 19.4 Å². The van der Waals surface area contributed by atoms with Crippen molar-refractivity contribution in [3.05, 3.63) is 24.4 Å². The van der Waals surface area contributed by atoms with Gasteiger partial charge in [-0.1, -0.05) is 5.16 Å². The van der Waals surface area contributed by atoms with E-state index < -0.39 is 0 Å². The average Bonchev–Trinajstić information content (AvgIpc) is 2.99. The predicted molar refractivity (Wildman–Crippen MR) is 51.3 cm³/mol. The van der Waals surface area contributed by atoms with E-state index in [0.29, 0.717) is 18.3 Å². The summed E-state index contributed by atoms with van der Waals surface area (Å²) in [7, 11) is 0. The van der Waals surface area contributed by atoms with Crippen LogP contribution in [0.4, 0.5) is 0 Å². The molecule has 1 aliphatic heterocycles. The summed E-state index contributed by atoms with van der Waals surface area (Å²) in [6.45, 7) is 1.29. The lowest BCUT2D eigenvalue weighted by atomic mass is 10.2. The molecule has 3 rings (SSSR count). The molecule has 0 spiro atoms. The Hall–Kier alpha value is -1.76. The molecule has 0 N–H and O–H groups in total. The maximum Gasteiger partial charge on any atom is 0.255 e. The minimum atomic E-state index is -0.0258. The highest BCUT2D eigenvalue weighted by atomic mass is 16.5. The second-order valence-corrected chi connectivity index (χ2v) is 3.68. The van der Waals surface area contributed by atoms with Crippen LogP contribution in [0.3, 0.4) is 0 Å². The molecule has 0 bridgehead atoms. The third kappa shape index (κ3) is 1.81. The van der Waals surface area contributed by atoms with Crippen LogP contribution in [0.2, 0.25) is 0 Å². The van der Waals surface area contributed by atoms with Gasteiger partial charge in [0.1, 0.15) is 18.8 Å². The number of aromatic nitrogens is 5. The van der Waals surface area contributed by atoms with Gasteiger partial charge in [-0.2, -0.15) is 4.98 Å². The van der Waals surface area contributed by atoms with Gasteiger partial charge < -0.3 is 13.8 Å². The lowest BCUT2D eigenvalue weighted by Crippen LogP contribution is -2.00. The van der Waals surface area contributed by atoms with E-state index in [4.69, 9.17) is 9.26 Å². The zero-order chi connectivity index (χ0) is 10.8. The van der Waals surface area contributed by atoms with Crippen molar-refractivity contribution in [3.8, 4) is 0 Å². The van der Waals surface area contributed by atoms with E-state index >= 15 is 0 Å². The Morgan fingerprint density at radius 1 is 1.38 bits per heavy atom. The molecule has 0 unspecified atom stereocenters. The Balaban J connectivity index is 1.72. The SMILES string of the molecule is c1nncn1Cc1noc([C@H]2CCCO2)n1. The van der Waals surface area contributed by atoms with Crippen LogP contribution in [0.1, 0.15) is 30.7 Å². The zero-order valence-electron chi connectivity index (χ0n) is 8.61. The maximum atomic E-state index is 5.46. The Morgan fingerprint density at radius 2 is 2.25 bits per heavy atom. The highest BCUT2D eigenvalue weighted by molar-refractivity contribution is 4.92. The standard InChI is InChI=1S/C9H11N5O2/c1-2-7(15-3-1)9-12-8(13-16-9)4-14-5-10-11-6-14/h5-7H,1-4H2/t7-/m1/s1. The summed E-state index contributed by atoms with van der Waals surface area (Å²) >= 11 is 0. The van der Waals surface area contributed by atoms with Crippen LogP contribution >= 0.6 is 0 Å². The van der Waals surface area contributed by atoms with Gasteiger partial charge in [-0.05, 0) is 12.8 Å². The molecule has 0 radical (unpaired) electrons. The average molecular weight is 221 g/mol. The molecule has 7 heteroatoms. The molecule has 1 fully saturated rings. The van der Waals surface area contributed by atoms with E-state index in [9.17, 15) is 0 Å². The molecule has 0 saturated carbocycles. The smallest absolute Gasteiger partial charge is 0.255 e. The second kappa shape index (κ2) is 4.01. The van der Waals surface area contributed by atoms with E-state index in [1.165, 1.54) is 0 Å². The van der Waals surface area contributed by atoms with Gasteiger partial charge in [-0.25, -0.2) is 0 Å². The molecule has 84 valence electrons. The lowest BCUT2D eigenvalue weighted by molar-refractivity contribution is 0.0835. The molecule has 1 aliphatic rings. The van der Waals surface area contributed by atoms with Crippen molar-refractivity contribution in [1.82, 2.24) is 24.9 Å². The van der Waals surface area contributed by atoms with Crippen molar-refractivity contribution < 1.29 is 9.26 Å². The normalized spacial score (nSPS) is 20.4. The maximum absolute atomic E-state index is 5.46. The number of rotatable bonds is 3. The van der Waals surface area contributed by atoms with Crippen molar-refractivity contribution in [2.75, 3.05) is 6.61 Å². The van der Waals surface area contributed by atoms with Gasteiger partial charge in [-0.15, -0.1) is 10.2 Å². The third-order valence-corrected chi connectivity index (χ3v) is 2.48. The quantitative estimate of drug-likeness (QED) is 0.753. The molecule has 0 aromatic carbocycles. The van der Waals surface area contributed by atoms with Gasteiger partial charge in [0, 0.05) is 6.61 Å². The first-order valence-electron chi connectivity index (χ1n) is 5.18. The third-order valence-electron chi connectivity index (χ3n) is 2.48. The van der Waals surface area contributed by atoms with Gasteiger partial charge in [-0.3, -0.25) is 0 Å². The Kier molecular flexibility index (Phi) is 2.37. The Bertz CT molecular complexity index is 446. The first-order chi connectivity index (χ1) is 7.92. The summed E-state index contributed by atoms with van der Waals surface area (Å²) in [5.74, 6) is 1.19. The molecular formula is C9H11N5O2. The molecule has 16 heavy (non-hydrogen) atoms. The highest BCUT2D eigenvalue weighted by Gasteiger charge is 2.23. The molecule has 1 atom stereocenters.